The largest absolute Gasteiger partial charge is 0.341 e. The van der Waals surface area contributed by atoms with Gasteiger partial charge in [-0.3, -0.25) is 4.79 Å². The van der Waals surface area contributed by atoms with Gasteiger partial charge in [-0.1, -0.05) is 0 Å². The number of carbonyl (C=O) groups is 1. The van der Waals surface area contributed by atoms with Gasteiger partial charge in [-0.05, 0) is 37.6 Å². The summed E-state index contributed by atoms with van der Waals surface area (Å²) in [5.41, 5.74) is 0.635. The highest BCUT2D eigenvalue weighted by molar-refractivity contribution is 7.92. The van der Waals surface area contributed by atoms with Gasteiger partial charge in [-0.25, -0.2) is 21.5 Å². The molecule has 1 N–H and O–H groups in total. The Bertz CT molecular complexity index is 1110. The lowest BCUT2D eigenvalue weighted by atomic mass is 10.2. The number of halogens is 2. The molecule has 0 bridgehead atoms. The number of hydrogen-bond acceptors (Lipinski definition) is 6. The number of nitrogens with one attached hydrogen (secondary N) is 1. The van der Waals surface area contributed by atoms with Gasteiger partial charge in [0.25, 0.3) is 5.91 Å². The second-order valence-corrected chi connectivity index (χ2v) is 10.6. The molecule has 1 aromatic heterocycles. The Balaban J connectivity index is 1.81. The highest BCUT2D eigenvalue weighted by Gasteiger charge is 2.31. The Morgan fingerprint density at radius 3 is 2.46 bits per heavy atom. The lowest BCUT2D eigenvalue weighted by molar-refractivity contribution is 0.102. The maximum absolute atomic E-state index is 12.6. The molecule has 1 unspecified atom stereocenters. The van der Waals surface area contributed by atoms with Crippen molar-refractivity contribution in [3.63, 3.8) is 0 Å². The van der Waals surface area contributed by atoms with Gasteiger partial charge in [0.15, 0.2) is 9.84 Å². The zero-order valence-electron chi connectivity index (χ0n) is 14.7. The molecule has 1 aliphatic rings. The van der Waals surface area contributed by atoms with Crippen LogP contribution in [0.15, 0.2) is 35.2 Å². The number of carbonyl (C=O) groups excluding carboxylic acids is 1. The van der Waals surface area contributed by atoms with Gasteiger partial charge in [-0.15, -0.1) is 0 Å². The quantitative estimate of drug-likeness (QED) is 0.769. The van der Waals surface area contributed by atoms with Crippen molar-refractivity contribution in [2.24, 2.45) is 0 Å². The molecule has 1 aromatic carbocycles. The predicted molar refractivity (Wildman–Crippen MR) is 96.9 cm³/mol. The maximum atomic E-state index is 12.6. The molecule has 12 heteroatoms. The number of aryl methyl sites for hydroxylation is 1. The van der Waals surface area contributed by atoms with Crippen LogP contribution in [-0.2, 0) is 19.7 Å². The summed E-state index contributed by atoms with van der Waals surface area (Å²) in [6.07, 6.45) is 0.381. The molecule has 3 rings (SSSR count). The first-order valence-corrected chi connectivity index (χ1v) is 11.6. The molecular formula is C16H17F2N3O5S2. The second kappa shape index (κ2) is 7.24. The summed E-state index contributed by atoms with van der Waals surface area (Å²) in [5, 5.41) is 6.85. The van der Waals surface area contributed by atoms with Gasteiger partial charge < -0.3 is 5.32 Å². The van der Waals surface area contributed by atoms with Crippen molar-refractivity contribution in [3.05, 3.63) is 41.6 Å². The van der Waals surface area contributed by atoms with E-state index < -0.39 is 42.3 Å². The first-order chi connectivity index (χ1) is 13.0. The normalized spacial score (nSPS) is 19.1. The van der Waals surface area contributed by atoms with Crippen molar-refractivity contribution in [2.75, 3.05) is 16.8 Å². The number of alkyl halides is 2. The van der Waals surface area contributed by atoms with Crippen LogP contribution in [0.2, 0.25) is 0 Å². The maximum Gasteiger partial charge on any atom is 0.341 e. The fourth-order valence-electron chi connectivity index (χ4n) is 2.94. The van der Waals surface area contributed by atoms with E-state index in [1.165, 1.54) is 4.68 Å². The molecule has 1 atom stereocenters. The van der Waals surface area contributed by atoms with Gasteiger partial charge in [-0.2, -0.15) is 13.9 Å². The molecule has 0 saturated carbocycles. The lowest BCUT2D eigenvalue weighted by Gasteiger charge is -2.14. The number of nitrogens with zero attached hydrogens (tertiary/aromatic N) is 2. The molecule has 0 aliphatic carbocycles. The Morgan fingerprint density at radius 1 is 1.29 bits per heavy atom. The third-order valence-electron chi connectivity index (χ3n) is 4.33. The molecule has 2 heterocycles. The minimum Gasteiger partial charge on any atom is -0.307 e. The summed E-state index contributed by atoms with van der Waals surface area (Å²) in [6, 6.07) is 5.30. The summed E-state index contributed by atoms with van der Waals surface area (Å²) in [7, 11) is -7.89. The summed E-state index contributed by atoms with van der Waals surface area (Å²) in [4.78, 5) is 11.9. The van der Waals surface area contributed by atoms with E-state index in [9.17, 15) is 30.4 Å². The molecule has 1 saturated heterocycles. The highest BCUT2D eigenvalue weighted by Crippen LogP contribution is 2.27. The molecule has 1 fully saturated rings. The van der Waals surface area contributed by atoms with E-state index >= 15 is 0 Å². The fourth-order valence-corrected chi connectivity index (χ4v) is 5.36. The number of aromatic nitrogens is 2. The molecule has 0 radical (unpaired) electrons. The summed E-state index contributed by atoms with van der Waals surface area (Å²) < 4.78 is 72.9. The summed E-state index contributed by atoms with van der Waals surface area (Å²) in [5.74, 6) is -3.88. The SMILES string of the molecule is Cc1cc(NC(=O)c2ccc(S(=O)(=O)C(F)F)cc2)n(C2CCS(=O)(=O)C2)n1. The summed E-state index contributed by atoms with van der Waals surface area (Å²) >= 11 is 0. The number of amides is 1. The van der Waals surface area contributed by atoms with Crippen LogP contribution in [0.4, 0.5) is 14.6 Å². The summed E-state index contributed by atoms with van der Waals surface area (Å²) in [6.45, 7) is 1.69. The average Bonchev–Trinajstić information content (AvgIpc) is 3.16. The van der Waals surface area contributed by atoms with Crippen LogP contribution in [0, 0.1) is 6.92 Å². The van der Waals surface area contributed by atoms with Crippen molar-refractivity contribution in [1.29, 1.82) is 0 Å². The third kappa shape index (κ3) is 4.07. The first kappa shape index (κ1) is 20.4. The highest BCUT2D eigenvalue weighted by atomic mass is 32.2. The standard InChI is InChI=1S/C16H17F2N3O5S2/c1-10-8-14(21(20-10)12-6-7-27(23,24)9-12)19-15(22)11-2-4-13(5-3-11)28(25,26)16(17)18/h2-5,8,12,16H,6-7,9H2,1H3,(H,19,22). The molecular weight excluding hydrogens is 416 g/mol. The van der Waals surface area contributed by atoms with Crippen molar-refractivity contribution in [3.8, 4) is 0 Å². The van der Waals surface area contributed by atoms with Crippen LogP contribution >= 0.6 is 0 Å². The van der Waals surface area contributed by atoms with E-state index in [0.717, 1.165) is 24.3 Å². The van der Waals surface area contributed by atoms with E-state index in [2.05, 4.69) is 10.4 Å². The van der Waals surface area contributed by atoms with Crippen LogP contribution in [0.3, 0.4) is 0 Å². The van der Waals surface area contributed by atoms with Crippen molar-refractivity contribution in [2.45, 2.75) is 30.0 Å². The van der Waals surface area contributed by atoms with Gasteiger partial charge in [0.1, 0.15) is 5.82 Å². The number of rotatable bonds is 5. The van der Waals surface area contributed by atoms with Gasteiger partial charge in [0.05, 0.1) is 28.1 Å². The lowest BCUT2D eigenvalue weighted by Crippen LogP contribution is -2.19. The van der Waals surface area contributed by atoms with E-state index in [4.69, 9.17) is 0 Å². The average molecular weight is 433 g/mol. The minimum atomic E-state index is -4.74. The topological polar surface area (TPSA) is 115 Å². The molecule has 152 valence electrons. The van der Waals surface area contributed by atoms with E-state index in [-0.39, 0.29) is 17.1 Å². The number of benzene rings is 1. The fraction of sp³-hybridized carbons (Fsp3) is 0.375. The first-order valence-electron chi connectivity index (χ1n) is 8.20. The van der Waals surface area contributed by atoms with E-state index in [1.807, 2.05) is 0 Å². The van der Waals surface area contributed by atoms with Crippen LogP contribution < -0.4 is 5.32 Å². The zero-order valence-corrected chi connectivity index (χ0v) is 16.3. The Labute approximate surface area is 160 Å². The van der Waals surface area contributed by atoms with Crippen molar-refractivity contribution >= 4 is 31.4 Å². The van der Waals surface area contributed by atoms with Gasteiger partial charge >= 0.3 is 5.76 Å². The van der Waals surface area contributed by atoms with Crippen LogP contribution in [0.5, 0.6) is 0 Å². The molecule has 2 aromatic rings. The molecule has 1 aliphatic heterocycles. The van der Waals surface area contributed by atoms with Crippen LogP contribution in [0.25, 0.3) is 0 Å². The monoisotopic (exact) mass is 433 g/mol. The van der Waals surface area contributed by atoms with Gasteiger partial charge in [0, 0.05) is 11.6 Å². The molecule has 0 spiro atoms. The third-order valence-corrected chi connectivity index (χ3v) is 7.48. The zero-order chi connectivity index (χ0) is 20.7. The molecule has 1 amide bonds. The second-order valence-electron chi connectivity index (χ2n) is 6.46. The van der Waals surface area contributed by atoms with Crippen LogP contribution in [-0.4, -0.2) is 49.8 Å². The number of sulfone groups is 2. The minimum absolute atomic E-state index is 0.0457. The van der Waals surface area contributed by atoms with Crippen molar-refractivity contribution < 1.29 is 30.4 Å². The smallest absolute Gasteiger partial charge is 0.307 e. The number of hydrogen-bond donors (Lipinski definition) is 1. The number of anilines is 1. The van der Waals surface area contributed by atoms with Gasteiger partial charge in [0.2, 0.25) is 9.84 Å². The Kier molecular flexibility index (Phi) is 5.28. The van der Waals surface area contributed by atoms with E-state index in [0.29, 0.717) is 17.9 Å². The molecule has 28 heavy (non-hydrogen) atoms. The predicted octanol–water partition coefficient (Wildman–Crippen LogP) is 1.80. The van der Waals surface area contributed by atoms with Crippen molar-refractivity contribution in [1.82, 2.24) is 9.78 Å². The Hall–Kier alpha value is -2.34. The molecule has 8 nitrogen and oxygen atoms in total. The van der Waals surface area contributed by atoms with Crippen LogP contribution in [0.1, 0.15) is 28.5 Å². The van der Waals surface area contributed by atoms with E-state index in [1.54, 1.807) is 13.0 Å². The Morgan fingerprint density at radius 2 is 1.93 bits per heavy atom.